The van der Waals surface area contributed by atoms with Gasteiger partial charge in [0.1, 0.15) is 6.61 Å². The standard InChI is InChI=1S/C8H14N2O2/c1-7-5-10-8(6-9-7)12-4-3-11-2/h6-7H,3-5H2,1-2H3. The molecule has 0 aromatic rings. The largest absolute Gasteiger partial charge is 0.474 e. The van der Waals surface area contributed by atoms with E-state index in [4.69, 9.17) is 9.47 Å². The summed E-state index contributed by atoms with van der Waals surface area (Å²) >= 11 is 0. The Hall–Kier alpha value is -0.900. The van der Waals surface area contributed by atoms with Crippen molar-refractivity contribution in [1.29, 1.82) is 0 Å². The van der Waals surface area contributed by atoms with Gasteiger partial charge in [0.15, 0.2) is 0 Å². The van der Waals surface area contributed by atoms with Gasteiger partial charge < -0.3 is 9.47 Å². The fourth-order valence-corrected chi connectivity index (χ4v) is 0.814. The zero-order valence-corrected chi connectivity index (χ0v) is 7.49. The van der Waals surface area contributed by atoms with Gasteiger partial charge in [-0.3, -0.25) is 4.99 Å². The zero-order chi connectivity index (χ0) is 8.81. The summed E-state index contributed by atoms with van der Waals surface area (Å²) in [5.74, 6) is 0.616. The smallest absolute Gasteiger partial charge is 0.227 e. The fraction of sp³-hybridized carbons (Fsp3) is 0.750. The lowest BCUT2D eigenvalue weighted by molar-refractivity contribution is 0.142. The predicted octanol–water partition coefficient (Wildman–Crippen LogP) is 0.521. The van der Waals surface area contributed by atoms with Gasteiger partial charge in [-0.15, -0.1) is 0 Å². The number of methoxy groups -OCH3 is 1. The molecule has 1 unspecified atom stereocenters. The van der Waals surface area contributed by atoms with Crippen LogP contribution in [0.15, 0.2) is 9.98 Å². The molecule has 1 aliphatic rings. The second-order valence-electron chi connectivity index (χ2n) is 2.65. The lowest BCUT2D eigenvalue weighted by atomic mass is 10.3. The lowest BCUT2D eigenvalue weighted by Crippen LogP contribution is -2.19. The lowest BCUT2D eigenvalue weighted by Gasteiger charge is -2.11. The first-order chi connectivity index (χ1) is 5.83. The molecule has 0 fully saturated rings. The van der Waals surface area contributed by atoms with E-state index in [1.807, 2.05) is 6.92 Å². The second kappa shape index (κ2) is 4.87. The summed E-state index contributed by atoms with van der Waals surface area (Å²) in [6.07, 6.45) is 1.67. The van der Waals surface area contributed by atoms with Gasteiger partial charge in [0, 0.05) is 7.11 Å². The Bertz CT molecular complexity index is 189. The predicted molar refractivity (Wildman–Crippen MR) is 48.1 cm³/mol. The normalized spacial score (nSPS) is 22.2. The summed E-state index contributed by atoms with van der Waals surface area (Å²) in [7, 11) is 1.64. The molecule has 0 N–H and O–H groups in total. The van der Waals surface area contributed by atoms with Gasteiger partial charge in [-0.25, -0.2) is 4.99 Å². The van der Waals surface area contributed by atoms with Crippen LogP contribution in [0.5, 0.6) is 0 Å². The van der Waals surface area contributed by atoms with Gasteiger partial charge in [0.05, 0.1) is 25.4 Å². The molecule has 0 bridgehead atoms. The number of aliphatic imine (C=N–C) groups is 2. The Morgan fingerprint density at radius 3 is 3.00 bits per heavy atom. The van der Waals surface area contributed by atoms with Crippen LogP contribution >= 0.6 is 0 Å². The Morgan fingerprint density at radius 1 is 1.58 bits per heavy atom. The SMILES string of the molecule is COCCOC1=NCC(C)N=C1. The van der Waals surface area contributed by atoms with Crippen molar-refractivity contribution in [2.45, 2.75) is 13.0 Å². The second-order valence-corrected chi connectivity index (χ2v) is 2.65. The van der Waals surface area contributed by atoms with Crippen LogP contribution in [0.2, 0.25) is 0 Å². The number of hydrogen-bond donors (Lipinski definition) is 0. The molecular weight excluding hydrogens is 156 g/mol. The van der Waals surface area contributed by atoms with E-state index in [1.54, 1.807) is 13.3 Å². The Labute approximate surface area is 72.3 Å². The van der Waals surface area contributed by atoms with Crippen LogP contribution in [-0.2, 0) is 9.47 Å². The van der Waals surface area contributed by atoms with Crippen LogP contribution in [0.1, 0.15) is 6.92 Å². The van der Waals surface area contributed by atoms with Crippen molar-refractivity contribution in [2.24, 2.45) is 9.98 Å². The third-order valence-corrected chi connectivity index (χ3v) is 1.49. The topological polar surface area (TPSA) is 43.2 Å². The summed E-state index contributed by atoms with van der Waals surface area (Å²) in [5.41, 5.74) is 0. The first kappa shape index (κ1) is 9.19. The van der Waals surface area contributed by atoms with Crippen LogP contribution in [0.25, 0.3) is 0 Å². The van der Waals surface area contributed by atoms with E-state index < -0.39 is 0 Å². The Morgan fingerprint density at radius 2 is 2.42 bits per heavy atom. The van der Waals surface area contributed by atoms with E-state index in [1.165, 1.54) is 0 Å². The summed E-state index contributed by atoms with van der Waals surface area (Å²) in [4.78, 5) is 8.34. The third-order valence-electron chi connectivity index (χ3n) is 1.49. The van der Waals surface area contributed by atoms with Crippen molar-refractivity contribution in [3.8, 4) is 0 Å². The van der Waals surface area contributed by atoms with Crippen LogP contribution in [0.4, 0.5) is 0 Å². The molecule has 1 atom stereocenters. The van der Waals surface area contributed by atoms with Crippen molar-refractivity contribution < 1.29 is 9.47 Å². The van der Waals surface area contributed by atoms with E-state index in [-0.39, 0.29) is 0 Å². The van der Waals surface area contributed by atoms with Crippen LogP contribution in [0, 0.1) is 0 Å². The van der Waals surface area contributed by atoms with Gasteiger partial charge in [-0.1, -0.05) is 0 Å². The molecule has 0 saturated carbocycles. The molecule has 0 aliphatic carbocycles. The third kappa shape index (κ3) is 3.00. The first-order valence-electron chi connectivity index (χ1n) is 4.02. The number of ether oxygens (including phenoxy) is 2. The van der Waals surface area contributed by atoms with Crippen molar-refractivity contribution in [3.63, 3.8) is 0 Å². The van der Waals surface area contributed by atoms with Crippen molar-refractivity contribution >= 4 is 12.1 Å². The Balaban J connectivity index is 2.21. The van der Waals surface area contributed by atoms with E-state index in [2.05, 4.69) is 9.98 Å². The van der Waals surface area contributed by atoms with Crippen molar-refractivity contribution in [2.75, 3.05) is 26.9 Å². The van der Waals surface area contributed by atoms with Gasteiger partial charge in [-0.05, 0) is 6.92 Å². The highest BCUT2D eigenvalue weighted by atomic mass is 16.5. The van der Waals surface area contributed by atoms with Crippen LogP contribution < -0.4 is 0 Å². The van der Waals surface area contributed by atoms with Crippen LogP contribution in [0.3, 0.4) is 0 Å². The zero-order valence-electron chi connectivity index (χ0n) is 7.49. The minimum Gasteiger partial charge on any atom is -0.474 e. The van der Waals surface area contributed by atoms with Crippen molar-refractivity contribution in [3.05, 3.63) is 0 Å². The fourth-order valence-electron chi connectivity index (χ4n) is 0.814. The maximum absolute atomic E-state index is 5.25. The molecule has 4 heteroatoms. The molecule has 1 aliphatic heterocycles. The maximum atomic E-state index is 5.25. The highest BCUT2D eigenvalue weighted by Crippen LogP contribution is 1.96. The van der Waals surface area contributed by atoms with Gasteiger partial charge in [-0.2, -0.15) is 0 Å². The minimum absolute atomic E-state index is 0.291. The molecule has 12 heavy (non-hydrogen) atoms. The summed E-state index contributed by atoms with van der Waals surface area (Å²) in [6.45, 7) is 3.86. The molecule has 0 amide bonds. The molecule has 0 saturated heterocycles. The van der Waals surface area contributed by atoms with E-state index in [0.717, 1.165) is 6.54 Å². The first-order valence-corrected chi connectivity index (χ1v) is 4.02. The molecular formula is C8H14N2O2. The molecule has 68 valence electrons. The molecule has 1 heterocycles. The number of hydrogen-bond acceptors (Lipinski definition) is 4. The van der Waals surface area contributed by atoms with Gasteiger partial charge in [0.25, 0.3) is 0 Å². The average Bonchev–Trinajstić information content (AvgIpc) is 2.09. The molecule has 0 aromatic carbocycles. The monoisotopic (exact) mass is 170 g/mol. The summed E-state index contributed by atoms with van der Waals surface area (Å²) in [6, 6.07) is 0.291. The quantitative estimate of drug-likeness (QED) is 0.579. The summed E-state index contributed by atoms with van der Waals surface area (Å²) in [5, 5.41) is 0. The van der Waals surface area contributed by atoms with Gasteiger partial charge >= 0.3 is 0 Å². The van der Waals surface area contributed by atoms with Gasteiger partial charge in [0.2, 0.25) is 5.90 Å². The van der Waals surface area contributed by atoms with E-state index >= 15 is 0 Å². The molecule has 1 rings (SSSR count). The highest BCUT2D eigenvalue weighted by molar-refractivity contribution is 6.26. The Kier molecular flexibility index (Phi) is 3.73. The van der Waals surface area contributed by atoms with E-state index in [9.17, 15) is 0 Å². The highest BCUT2D eigenvalue weighted by Gasteiger charge is 2.05. The maximum Gasteiger partial charge on any atom is 0.227 e. The van der Waals surface area contributed by atoms with E-state index in [0.29, 0.717) is 25.2 Å². The molecule has 0 spiro atoms. The van der Waals surface area contributed by atoms with Crippen molar-refractivity contribution in [1.82, 2.24) is 0 Å². The molecule has 4 nitrogen and oxygen atoms in total. The number of rotatable bonds is 3. The number of nitrogens with zero attached hydrogens (tertiary/aromatic N) is 2. The minimum atomic E-state index is 0.291. The average molecular weight is 170 g/mol. The van der Waals surface area contributed by atoms with Crippen LogP contribution in [-0.4, -0.2) is 45.0 Å². The molecule has 0 radical (unpaired) electrons. The molecule has 0 aromatic heterocycles. The summed E-state index contributed by atoms with van der Waals surface area (Å²) < 4.78 is 10.1.